The Bertz CT molecular complexity index is 518. The second-order valence-corrected chi connectivity index (χ2v) is 6.63. The van der Waals surface area contributed by atoms with E-state index >= 15 is 0 Å². The maximum atomic E-state index is 5.67. The topological polar surface area (TPSA) is 72.7 Å². The van der Waals surface area contributed by atoms with Crippen molar-refractivity contribution in [2.45, 2.75) is 58.6 Å². The Balaban J connectivity index is 0.00000364. The first-order valence-corrected chi connectivity index (χ1v) is 9.99. The molecule has 1 fully saturated rings. The highest BCUT2D eigenvalue weighted by molar-refractivity contribution is 14.0. The number of nitrogens with zero attached hydrogens (tertiary/aromatic N) is 3. The van der Waals surface area contributed by atoms with Crippen LogP contribution < -0.4 is 10.6 Å². The lowest BCUT2D eigenvalue weighted by molar-refractivity contribution is 0.0171. The summed E-state index contributed by atoms with van der Waals surface area (Å²) >= 11 is 0. The number of hydrogen-bond acceptors (Lipinski definition) is 4. The molecular weight excluding hydrogens is 457 g/mol. The van der Waals surface area contributed by atoms with E-state index in [1.807, 2.05) is 19.3 Å². The highest BCUT2D eigenvalue weighted by atomic mass is 127. The zero-order valence-corrected chi connectivity index (χ0v) is 19.1. The van der Waals surface area contributed by atoms with Gasteiger partial charge in [-0.25, -0.2) is 4.98 Å². The van der Waals surface area contributed by atoms with Crippen molar-refractivity contribution in [1.29, 1.82) is 0 Å². The van der Waals surface area contributed by atoms with Crippen LogP contribution in [0.25, 0.3) is 0 Å². The third-order valence-corrected chi connectivity index (χ3v) is 4.43. The summed E-state index contributed by atoms with van der Waals surface area (Å²) in [6, 6.07) is 0. The zero-order chi connectivity index (χ0) is 18.5. The summed E-state index contributed by atoms with van der Waals surface area (Å²) in [7, 11) is 0. The van der Waals surface area contributed by atoms with Gasteiger partial charge in [0.15, 0.2) is 5.96 Å². The maximum absolute atomic E-state index is 5.67. The van der Waals surface area contributed by atoms with Crippen LogP contribution in [0.1, 0.15) is 44.9 Å². The summed E-state index contributed by atoms with van der Waals surface area (Å²) in [5, 5.41) is 6.70. The Kier molecular flexibility index (Phi) is 13.5. The summed E-state index contributed by atoms with van der Waals surface area (Å²) in [4.78, 5) is 8.86. The average Bonchev–Trinajstić information content (AvgIpc) is 3.29. The lowest BCUT2D eigenvalue weighted by atomic mass is 10.2. The number of hydrogen-bond donors (Lipinski definition) is 2. The molecule has 1 atom stereocenters. The first-order chi connectivity index (χ1) is 12.8. The molecule has 1 aliphatic heterocycles. The van der Waals surface area contributed by atoms with Gasteiger partial charge in [0.25, 0.3) is 0 Å². The van der Waals surface area contributed by atoms with Crippen molar-refractivity contribution in [2.24, 2.45) is 4.99 Å². The van der Waals surface area contributed by atoms with Crippen molar-refractivity contribution in [1.82, 2.24) is 20.2 Å². The van der Waals surface area contributed by atoms with Crippen molar-refractivity contribution in [3.8, 4) is 0 Å². The molecule has 0 bridgehead atoms. The second kappa shape index (κ2) is 15.1. The molecule has 1 saturated heterocycles. The van der Waals surface area contributed by atoms with E-state index < -0.39 is 0 Å². The van der Waals surface area contributed by atoms with E-state index in [2.05, 4.69) is 32.1 Å². The molecule has 27 heavy (non-hydrogen) atoms. The summed E-state index contributed by atoms with van der Waals surface area (Å²) in [6.07, 6.45) is 9.66. The van der Waals surface area contributed by atoms with E-state index in [1.54, 1.807) is 0 Å². The molecule has 8 heteroatoms. The number of aromatic nitrogens is 2. The smallest absolute Gasteiger partial charge is 0.191 e. The minimum atomic E-state index is 0. The Hall–Kier alpha value is -0.870. The monoisotopic (exact) mass is 493 g/mol. The lowest BCUT2D eigenvalue weighted by Crippen LogP contribution is -2.38. The second-order valence-electron chi connectivity index (χ2n) is 6.63. The molecular formula is C19H36IN5O2. The fourth-order valence-electron chi connectivity index (χ4n) is 2.94. The predicted molar refractivity (Wildman–Crippen MR) is 120 cm³/mol. The number of nitrogens with one attached hydrogen (secondary N) is 2. The molecule has 1 aromatic rings. The van der Waals surface area contributed by atoms with E-state index in [-0.39, 0.29) is 24.0 Å². The van der Waals surface area contributed by atoms with Gasteiger partial charge in [-0.05, 0) is 46.0 Å². The van der Waals surface area contributed by atoms with Crippen molar-refractivity contribution in [3.05, 3.63) is 18.2 Å². The SMILES string of the molecule is CCNC(=NCCCOCC1CCCO1)NCCCCn1ccnc1C.I. The number of aliphatic imine (C=N–C) groups is 1. The summed E-state index contributed by atoms with van der Waals surface area (Å²) in [5.74, 6) is 1.97. The number of imidazole rings is 1. The van der Waals surface area contributed by atoms with Gasteiger partial charge in [0, 0.05) is 51.8 Å². The highest BCUT2D eigenvalue weighted by Crippen LogP contribution is 2.11. The van der Waals surface area contributed by atoms with E-state index in [0.29, 0.717) is 6.10 Å². The van der Waals surface area contributed by atoms with Crippen molar-refractivity contribution >= 4 is 29.9 Å². The first-order valence-electron chi connectivity index (χ1n) is 9.99. The van der Waals surface area contributed by atoms with Crippen LogP contribution in [-0.2, 0) is 16.0 Å². The molecule has 1 aliphatic rings. The quantitative estimate of drug-likeness (QED) is 0.203. The molecule has 0 spiro atoms. The molecule has 7 nitrogen and oxygen atoms in total. The van der Waals surface area contributed by atoms with Crippen LogP contribution >= 0.6 is 24.0 Å². The molecule has 2 N–H and O–H groups in total. The number of ether oxygens (including phenoxy) is 2. The molecule has 0 aromatic carbocycles. The van der Waals surface area contributed by atoms with Gasteiger partial charge < -0.3 is 24.7 Å². The number of aryl methyl sites for hydroxylation is 2. The van der Waals surface area contributed by atoms with Crippen LogP contribution in [0.5, 0.6) is 0 Å². The van der Waals surface area contributed by atoms with Gasteiger partial charge in [0.1, 0.15) is 5.82 Å². The van der Waals surface area contributed by atoms with Crippen LogP contribution in [0.4, 0.5) is 0 Å². The fraction of sp³-hybridized carbons (Fsp3) is 0.789. The molecule has 0 amide bonds. The van der Waals surface area contributed by atoms with Gasteiger partial charge >= 0.3 is 0 Å². The van der Waals surface area contributed by atoms with Crippen LogP contribution in [0, 0.1) is 6.92 Å². The van der Waals surface area contributed by atoms with Crippen LogP contribution in [-0.4, -0.2) is 61.1 Å². The van der Waals surface area contributed by atoms with Crippen molar-refractivity contribution < 1.29 is 9.47 Å². The van der Waals surface area contributed by atoms with Crippen LogP contribution in [0.15, 0.2) is 17.4 Å². The third-order valence-electron chi connectivity index (χ3n) is 4.43. The molecule has 0 saturated carbocycles. The van der Waals surface area contributed by atoms with E-state index in [0.717, 1.165) is 89.9 Å². The average molecular weight is 493 g/mol. The van der Waals surface area contributed by atoms with Crippen molar-refractivity contribution in [3.63, 3.8) is 0 Å². The summed E-state index contributed by atoms with van der Waals surface area (Å²) in [5.41, 5.74) is 0. The van der Waals surface area contributed by atoms with Crippen molar-refractivity contribution in [2.75, 3.05) is 39.5 Å². The number of unbranched alkanes of at least 4 members (excludes halogenated alkanes) is 1. The highest BCUT2D eigenvalue weighted by Gasteiger charge is 2.14. The number of halogens is 1. The summed E-state index contributed by atoms with van der Waals surface area (Å²) in [6.45, 7) is 10.1. The molecule has 2 heterocycles. The van der Waals surface area contributed by atoms with E-state index in [1.165, 1.54) is 0 Å². The third kappa shape index (κ3) is 10.3. The zero-order valence-electron chi connectivity index (χ0n) is 16.8. The van der Waals surface area contributed by atoms with Crippen LogP contribution in [0.3, 0.4) is 0 Å². The van der Waals surface area contributed by atoms with Gasteiger partial charge in [0.2, 0.25) is 0 Å². The fourth-order valence-corrected chi connectivity index (χ4v) is 2.94. The predicted octanol–water partition coefficient (Wildman–Crippen LogP) is 2.73. The minimum absolute atomic E-state index is 0. The normalized spacial score (nSPS) is 17.0. The van der Waals surface area contributed by atoms with Gasteiger partial charge in [-0.15, -0.1) is 24.0 Å². The van der Waals surface area contributed by atoms with Crippen LogP contribution in [0.2, 0.25) is 0 Å². The Morgan fingerprint density at radius 2 is 2.26 bits per heavy atom. The lowest BCUT2D eigenvalue weighted by Gasteiger charge is -2.12. The summed E-state index contributed by atoms with van der Waals surface area (Å²) < 4.78 is 13.4. The molecule has 1 aromatic heterocycles. The molecule has 1 unspecified atom stereocenters. The van der Waals surface area contributed by atoms with Gasteiger partial charge in [-0.1, -0.05) is 0 Å². The standard InChI is InChI=1S/C19H35N5O2.HI/c1-3-20-19(22-9-4-5-12-24-13-11-21-17(24)2)23-10-7-14-25-16-18-8-6-15-26-18;/h11,13,18H,3-10,12,14-16H2,1-2H3,(H2,20,22,23);1H. The number of guanidine groups is 1. The van der Waals surface area contributed by atoms with Gasteiger partial charge in [-0.2, -0.15) is 0 Å². The largest absolute Gasteiger partial charge is 0.379 e. The van der Waals surface area contributed by atoms with E-state index in [9.17, 15) is 0 Å². The van der Waals surface area contributed by atoms with E-state index in [4.69, 9.17) is 9.47 Å². The van der Waals surface area contributed by atoms with Gasteiger partial charge in [-0.3, -0.25) is 4.99 Å². The Morgan fingerprint density at radius 1 is 1.37 bits per heavy atom. The van der Waals surface area contributed by atoms with Gasteiger partial charge in [0.05, 0.1) is 12.7 Å². The Morgan fingerprint density at radius 3 is 2.96 bits per heavy atom. The molecule has 0 radical (unpaired) electrons. The first kappa shape index (κ1) is 24.2. The minimum Gasteiger partial charge on any atom is -0.379 e. The Labute approximate surface area is 180 Å². The maximum Gasteiger partial charge on any atom is 0.191 e. The molecule has 156 valence electrons. The molecule has 2 rings (SSSR count). The molecule has 0 aliphatic carbocycles. The number of rotatable bonds is 12.